The molecule has 0 radical (unpaired) electrons. The highest BCUT2D eigenvalue weighted by atomic mass is 19.4. The number of hydrogen-bond acceptors (Lipinski definition) is 5. The van der Waals surface area contributed by atoms with Gasteiger partial charge in [0.15, 0.2) is 0 Å². The van der Waals surface area contributed by atoms with Crippen LogP contribution in [-0.2, 0) is 4.79 Å². The molecule has 2 aliphatic rings. The van der Waals surface area contributed by atoms with E-state index in [1.54, 1.807) is 0 Å². The summed E-state index contributed by atoms with van der Waals surface area (Å²) in [6, 6.07) is 1.48. The van der Waals surface area contributed by atoms with E-state index in [1.807, 2.05) is 24.1 Å². The highest BCUT2D eigenvalue weighted by Crippen LogP contribution is 2.27. The molecular formula is C18H23F3N6O. The molecule has 1 unspecified atom stereocenters. The molecule has 1 amide bonds. The first-order chi connectivity index (χ1) is 13.3. The van der Waals surface area contributed by atoms with Crippen molar-refractivity contribution in [2.75, 3.05) is 44.2 Å². The standard InChI is InChI=1S/C18H23F3N6O/c1-12-23-15-13(4-5-22-15)16(24-12)26-9-7-25(8-10-26)14-3-2-6-27(17(14)28)11-18(19,20)21/h4-5,14H,2-3,6-11H2,1H3,(H,22,23,24). The molecule has 0 aliphatic carbocycles. The number of aromatic amines is 1. The maximum absolute atomic E-state index is 12.7. The monoisotopic (exact) mass is 396 g/mol. The summed E-state index contributed by atoms with van der Waals surface area (Å²) in [5, 5.41) is 0.948. The summed E-state index contributed by atoms with van der Waals surface area (Å²) in [6.45, 7) is 3.43. The minimum Gasteiger partial charge on any atom is -0.353 e. The van der Waals surface area contributed by atoms with Gasteiger partial charge in [-0.2, -0.15) is 13.2 Å². The maximum atomic E-state index is 12.7. The number of H-pyrrole nitrogens is 1. The van der Waals surface area contributed by atoms with Crippen LogP contribution in [0.1, 0.15) is 18.7 Å². The van der Waals surface area contributed by atoms with Crippen LogP contribution in [-0.4, -0.2) is 82.1 Å². The van der Waals surface area contributed by atoms with Crippen LogP contribution in [0, 0.1) is 6.92 Å². The van der Waals surface area contributed by atoms with E-state index in [-0.39, 0.29) is 6.54 Å². The number of carbonyl (C=O) groups is 1. The normalized spacial score (nSPS) is 22.3. The fourth-order valence-corrected chi connectivity index (χ4v) is 4.15. The Kier molecular flexibility index (Phi) is 4.90. The molecular weight excluding hydrogens is 373 g/mol. The summed E-state index contributed by atoms with van der Waals surface area (Å²) < 4.78 is 38.2. The number of hydrogen-bond donors (Lipinski definition) is 1. The van der Waals surface area contributed by atoms with Crippen molar-refractivity contribution in [3.05, 3.63) is 18.1 Å². The Morgan fingerprint density at radius 3 is 2.64 bits per heavy atom. The number of nitrogens with zero attached hydrogens (tertiary/aromatic N) is 5. The first-order valence-electron chi connectivity index (χ1n) is 9.48. The van der Waals surface area contributed by atoms with Gasteiger partial charge in [0.1, 0.15) is 23.8 Å². The van der Waals surface area contributed by atoms with Crippen LogP contribution in [0.25, 0.3) is 11.0 Å². The number of amides is 1. The highest BCUT2D eigenvalue weighted by molar-refractivity contribution is 5.87. The van der Waals surface area contributed by atoms with Crippen LogP contribution < -0.4 is 4.90 Å². The number of halogens is 3. The summed E-state index contributed by atoms with van der Waals surface area (Å²) in [6.07, 6.45) is -1.32. The summed E-state index contributed by atoms with van der Waals surface area (Å²) in [5.74, 6) is 1.14. The van der Waals surface area contributed by atoms with Crippen LogP contribution in [0.3, 0.4) is 0 Å². The number of alkyl halides is 3. The molecule has 0 saturated carbocycles. The molecule has 0 bridgehead atoms. The molecule has 0 spiro atoms. The van der Waals surface area contributed by atoms with Gasteiger partial charge in [0.25, 0.3) is 0 Å². The Hall–Kier alpha value is -2.36. The van der Waals surface area contributed by atoms with E-state index >= 15 is 0 Å². The van der Waals surface area contributed by atoms with Crippen molar-refractivity contribution < 1.29 is 18.0 Å². The van der Waals surface area contributed by atoms with Gasteiger partial charge in [0.05, 0.1) is 11.4 Å². The molecule has 7 nitrogen and oxygen atoms in total. The zero-order valence-corrected chi connectivity index (χ0v) is 15.7. The molecule has 2 saturated heterocycles. The summed E-state index contributed by atoms with van der Waals surface area (Å²) in [7, 11) is 0. The van der Waals surface area contributed by atoms with E-state index in [0.717, 1.165) is 21.8 Å². The van der Waals surface area contributed by atoms with Gasteiger partial charge in [-0.25, -0.2) is 9.97 Å². The van der Waals surface area contributed by atoms with Gasteiger partial charge in [0, 0.05) is 38.9 Å². The lowest BCUT2D eigenvalue weighted by atomic mass is 10.0. The van der Waals surface area contributed by atoms with Crippen molar-refractivity contribution in [3.8, 4) is 0 Å². The molecule has 2 aromatic heterocycles. The summed E-state index contributed by atoms with van der Waals surface area (Å²) in [4.78, 5) is 29.8. The number of likely N-dealkylation sites (tertiary alicyclic amines) is 1. The lowest BCUT2D eigenvalue weighted by Gasteiger charge is -2.43. The molecule has 2 fully saturated rings. The van der Waals surface area contributed by atoms with Gasteiger partial charge in [-0.15, -0.1) is 0 Å². The fourth-order valence-electron chi connectivity index (χ4n) is 4.15. The van der Waals surface area contributed by atoms with Gasteiger partial charge in [-0.05, 0) is 25.8 Å². The molecule has 2 aliphatic heterocycles. The smallest absolute Gasteiger partial charge is 0.353 e. The van der Waals surface area contributed by atoms with Gasteiger partial charge >= 0.3 is 6.18 Å². The van der Waals surface area contributed by atoms with Gasteiger partial charge < -0.3 is 14.8 Å². The topological polar surface area (TPSA) is 68.4 Å². The first kappa shape index (κ1) is 19.0. The predicted molar refractivity (Wildman–Crippen MR) is 98.1 cm³/mol. The zero-order valence-electron chi connectivity index (χ0n) is 15.7. The molecule has 4 rings (SSSR count). The minimum absolute atomic E-state index is 0.181. The maximum Gasteiger partial charge on any atom is 0.406 e. The quantitative estimate of drug-likeness (QED) is 0.859. The highest BCUT2D eigenvalue weighted by Gasteiger charge is 2.40. The van der Waals surface area contributed by atoms with Crippen molar-refractivity contribution in [1.82, 2.24) is 24.8 Å². The number of aromatic nitrogens is 3. The summed E-state index contributed by atoms with van der Waals surface area (Å²) in [5.41, 5.74) is 0.787. The Balaban J connectivity index is 1.44. The number of nitrogens with one attached hydrogen (secondary N) is 1. The van der Waals surface area contributed by atoms with Crippen LogP contribution in [0.2, 0.25) is 0 Å². The lowest BCUT2D eigenvalue weighted by Crippen LogP contribution is -2.58. The number of piperidine rings is 1. The average molecular weight is 396 g/mol. The van der Waals surface area contributed by atoms with Crippen LogP contribution in [0.4, 0.5) is 19.0 Å². The molecule has 0 aromatic carbocycles. The van der Waals surface area contributed by atoms with Crippen molar-refractivity contribution in [2.45, 2.75) is 32.0 Å². The molecule has 1 N–H and O–H groups in total. The second kappa shape index (κ2) is 7.23. The molecule has 10 heteroatoms. The van der Waals surface area contributed by atoms with E-state index in [4.69, 9.17) is 0 Å². The van der Waals surface area contributed by atoms with E-state index < -0.39 is 24.7 Å². The minimum atomic E-state index is -4.36. The average Bonchev–Trinajstić information content (AvgIpc) is 3.10. The van der Waals surface area contributed by atoms with Crippen molar-refractivity contribution in [1.29, 1.82) is 0 Å². The van der Waals surface area contributed by atoms with E-state index in [2.05, 4.69) is 19.9 Å². The van der Waals surface area contributed by atoms with Gasteiger partial charge in [0.2, 0.25) is 5.91 Å². The third-order valence-corrected chi connectivity index (χ3v) is 5.43. The lowest BCUT2D eigenvalue weighted by molar-refractivity contribution is -0.167. The third kappa shape index (κ3) is 3.78. The fraction of sp³-hybridized carbons (Fsp3) is 0.611. The third-order valence-electron chi connectivity index (χ3n) is 5.43. The molecule has 152 valence electrons. The van der Waals surface area contributed by atoms with Gasteiger partial charge in [-0.3, -0.25) is 9.69 Å². The molecule has 28 heavy (non-hydrogen) atoms. The molecule has 2 aromatic rings. The van der Waals surface area contributed by atoms with E-state index in [9.17, 15) is 18.0 Å². The Morgan fingerprint density at radius 1 is 1.18 bits per heavy atom. The number of anilines is 1. The molecule has 1 atom stereocenters. The van der Waals surface area contributed by atoms with Gasteiger partial charge in [-0.1, -0.05) is 0 Å². The number of aryl methyl sites for hydroxylation is 1. The Labute approximate surface area is 160 Å². The van der Waals surface area contributed by atoms with E-state index in [0.29, 0.717) is 44.8 Å². The van der Waals surface area contributed by atoms with E-state index in [1.165, 1.54) is 0 Å². The largest absolute Gasteiger partial charge is 0.406 e. The Morgan fingerprint density at radius 2 is 1.93 bits per heavy atom. The number of carbonyl (C=O) groups excluding carboxylic acids is 1. The number of fused-ring (bicyclic) bond motifs is 1. The molecule has 4 heterocycles. The predicted octanol–water partition coefficient (Wildman–Crippen LogP) is 1.94. The van der Waals surface area contributed by atoms with Crippen LogP contribution >= 0.6 is 0 Å². The SMILES string of the molecule is Cc1nc(N2CCN(C3CCCN(CC(F)(F)F)C3=O)CC2)c2cc[nH]c2n1. The van der Waals surface area contributed by atoms with Crippen molar-refractivity contribution in [2.24, 2.45) is 0 Å². The second-order valence-electron chi connectivity index (χ2n) is 7.39. The van der Waals surface area contributed by atoms with Crippen molar-refractivity contribution in [3.63, 3.8) is 0 Å². The van der Waals surface area contributed by atoms with Crippen LogP contribution in [0.5, 0.6) is 0 Å². The zero-order chi connectivity index (χ0) is 19.9. The first-order valence-corrected chi connectivity index (χ1v) is 9.48. The van der Waals surface area contributed by atoms with Crippen molar-refractivity contribution >= 4 is 22.8 Å². The second-order valence-corrected chi connectivity index (χ2v) is 7.39. The summed E-state index contributed by atoms with van der Waals surface area (Å²) >= 11 is 0. The number of piperazine rings is 1. The number of rotatable bonds is 3. The Bertz CT molecular complexity index is 859. The van der Waals surface area contributed by atoms with Crippen LogP contribution in [0.15, 0.2) is 12.3 Å².